The molecule has 0 aromatic rings. The summed E-state index contributed by atoms with van der Waals surface area (Å²) < 4.78 is 0. The monoisotopic (exact) mass is 208 g/mol. The molecule has 0 aliphatic heterocycles. The maximum absolute atomic E-state index is 10.8. The number of carbonyl (C=O) groups is 1. The summed E-state index contributed by atoms with van der Waals surface area (Å²) in [5, 5.41) is 8.89. The molecule has 1 N–H and O–H groups in total. The lowest BCUT2D eigenvalue weighted by atomic mass is 9.80. The van der Waals surface area contributed by atoms with Gasteiger partial charge in [-0.2, -0.15) is 0 Å². The molecule has 0 fully saturated rings. The van der Waals surface area contributed by atoms with Crippen LogP contribution in [0.25, 0.3) is 0 Å². The van der Waals surface area contributed by atoms with Crippen LogP contribution in [0.1, 0.15) is 51.9 Å². The summed E-state index contributed by atoms with van der Waals surface area (Å²) in [5.41, 5.74) is 3.37. The van der Waals surface area contributed by atoms with E-state index < -0.39 is 5.97 Å². The van der Waals surface area contributed by atoms with E-state index in [1.807, 2.05) is 6.92 Å². The Labute approximate surface area is 91.4 Å². The molecule has 2 atom stereocenters. The van der Waals surface area contributed by atoms with Gasteiger partial charge in [-0.1, -0.05) is 18.1 Å². The second-order valence-electron chi connectivity index (χ2n) is 5.14. The van der Waals surface area contributed by atoms with Crippen LogP contribution < -0.4 is 0 Å². The number of carboxylic acids is 1. The quantitative estimate of drug-likeness (QED) is 0.722. The van der Waals surface area contributed by atoms with Gasteiger partial charge in [0.2, 0.25) is 0 Å². The molecule has 2 nitrogen and oxygen atoms in total. The Bertz CT molecular complexity index is 291. The largest absolute Gasteiger partial charge is 0.481 e. The van der Waals surface area contributed by atoms with Crippen LogP contribution in [0.5, 0.6) is 0 Å². The minimum atomic E-state index is -0.638. The molecule has 2 aliphatic carbocycles. The average molecular weight is 208 g/mol. The van der Waals surface area contributed by atoms with Gasteiger partial charge < -0.3 is 5.11 Å². The molecule has 2 heteroatoms. The van der Waals surface area contributed by atoms with Crippen LogP contribution in [-0.4, -0.2) is 11.1 Å². The van der Waals surface area contributed by atoms with Gasteiger partial charge in [-0.3, -0.25) is 4.79 Å². The van der Waals surface area contributed by atoms with Crippen LogP contribution in [0.4, 0.5) is 0 Å². The fourth-order valence-electron chi connectivity index (χ4n) is 3.05. The van der Waals surface area contributed by atoms with Crippen LogP contribution in [0.15, 0.2) is 11.1 Å². The highest BCUT2D eigenvalue weighted by Gasteiger charge is 2.26. The zero-order valence-corrected chi connectivity index (χ0v) is 9.46. The lowest BCUT2D eigenvalue weighted by Gasteiger charge is -2.25. The molecule has 0 saturated carbocycles. The van der Waals surface area contributed by atoms with E-state index in [0.29, 0.717) is 5.92 Å². The molecule has 0 aromatic carbocycles. The summed E-state index contributed by atoms with van der Waals surface area (Å²) in [5.74, 6) is -0.173. The van der Waals surface area contributed by atoms with Crippen molar-refractivity contribution in [2.75, 3.05) is 0 Å². The summed E-state index contributed by atoms with van der Waals surface area (Å²) in [6, 6.07) is 0. The fraction of sp³-hybridized carbons (Fsp3) is 0.769. The molecule has 0 bridgehead atoms. The van der Waals surface area contributed by atoms with Gasteiger partial charge in [-0.05, 0) is 50.9 Å². The van der Waals surface area contributed by atoms with Gasteiger partial charge in [0.25, 0.3) is 0 Å². The number of allylic oxidation sites excluding steroid dienone is 2. The topological polar surface area (TPSA) is 37.3 Å². The molecule has 0 radical (unpaired) electrons. The highest BCUT2D eigenvalue weighted by atomic mass is 16.4. The van der Waals surface area contributed by atoms with E-state index in [4.69, 9.17) is 5.11 Å². The van der Waals surface area contributed by atoms with Gasteiger partial charge in [0.15, 0.2) is 0 Å². The minimum Gasteiger partial charge on any atom is -0.481 e. The maximum Gasteiger partial charge on any atom is 0.306 e. The lowest BCUT2D eigenvalue weighted by molar-refractivity contribution is -0.141. The third-order valence-corrected chi connectivity index (χ3v) is 3.96. The van der Waals surface area contributed by atoms with Gasteiger partial charge in [0.05, 0.1) is 5.92 Å². The normalized spacial score (nSPS) is 27.7. The molecule has 0 heterocycles. The number of aliphatic carboxylic acids is 1. The Morgan fingerprint density at radius 2 is 2.13 bits per heavy atom. The second-order valence-corrected chi connectivity index (χ2v) is 5.14. The first kappa shape index (κ1) is 10.7. The van der Waals surface area contributed by atoms with Crippen LogP contribution in [-0.2, 0) is 4.79 Å². The number of hydrogen-bond donors (Lipinski definition) is 1. The predicted molar refractivity (Wildman–Crippen MR) is 59.6 cm³/mol. The molecule has 2 rings (SSSR count). The maximum atomic E-state index is 10.8. The fourth-order valence-corrected chi connectivity index (χ4v) is 3.05. The van der Waals surface area contributed by atoms with Gasteiger partial charge in [-0.15, -0.1) is 0 Å². The molecule has 0 saturated heterocycles. The summed E-state index contributed by atoms with van der Waals surface area (Å²) >= 11 is 0. The first-order valence-electron chi connectivity index (χ1n) is 6.09. The van der Waals surface area contributed by atoms with E-state index in [9.17, 15) is 4.79 Å². The molecule has 15 heavy (non-hydrogen) atoms. The van der Waals surface area contributed by atoms with Gasteiger partial charge in [0.1, 0.15) is 0 Å². The van der Waals surface area contributed by atoms with Gasteiger partial charge >= 0.3 is 5.97 Å². The summed E-state index contributed by atoms with van der Waals surface area (Å²) in [4.78, 5) is 10.8. The molecule has 0 amide bonds. The van der Waals surface area contributed by atoms with Crippen molar-refractivity contribution in [2.24, 2.45) is 11.8 Å². The van der Waals surface area contributed by atoms with E-state index in [1.54, 1.807) is 11.1 Å². The van der Waals surface area contributed by atoms with Crippen molar-refractivity contribution >= 4 is 5.97 Å². The molecule has 84 valence electrons. The van der Waals surface area contributed by atoms with Crippen molar-refractivity contribution in [1.29, 1.82) is 0 Å². The first-order chi connectivity index (χ1) is 7.16. The van der Waals surface area contributed by atoms with Crippen molar-refractivity contribution in [3.8, 4) is 0 Å². The molecule has 2 aliphatic rings. The third-order valence-electron chi connectivity index (χ3n) is 3.96. The predicted octanol–water partition coefficient (Wildman–Crippen LogP) is 3.38. The van der Waals surface area contributed by atoms with E-state index in [2.05, 4.69) is 0 Å². The third kappa shape index (κ3) is 2.42. The highest BCUT2D eigenvalue weighted by Crippen LogP contribution is 2.41. The van der Waals surface area contributed by atoms with Crippen LogP contribution in [0, 0.1) is 11.8 Å². The van der Waals surface area contributed by atoms with Crippen molar-refractivity contribution in [2.45, 2.75) is 51.9 Å². The summed E-state index contributed by atoms with van der Waals surface area (Å²) in [7, 11) is 0. The van der Waals surface area contributed by atoms with Crippen molar-refractivity contribution < 1.29 is 9.90 Å². The van der Waals surface area contributed by atoms with E-state index in [-0.39, 0.29) is 5.92 Å². The first-order valence-corrected chi connectivity index (χ1v) is 6.09. The van der Waals surface area contributed by atoms with E-state index >= 15 is 0 Å². The summed E-state index contributed by atoms with van der Waals surface area (Å²) in [6.07, 6.45) is 8.46. The van der Waals surface area contributed by atoms with Crippen molar-refractivity contribution in [3.63, 3.8) is 0 Å². The average Bonchev–Trinajstić information content (AvgIpc) is 2.64. The van der Waals surface area contributed by atoms with Crippen LogP contribution >= 0.6 is 0 Å². The van der Waals surface area contributed by atoms with Crippen LogP contribution in [0.3, 0.4) is 0 Å². The van der Waals surface area contributed by atoms with Gasteiger partial charge in [-0.25, -0.2) is 0 Å². The van der Waals surface area contributed by atoms with E-state index in [0.717, 1.165) is 6.42 Å². The Balaban J connectivity index is 1.89. The molecule has 0 aromatic heterocycles. The van der Waals surface area contributed by atoms with Gasteiger partial charge in [0, 0.05) is 0 Å². The van der Waals surface area contributed by atoms with E-state index in [1.165, 1.54) is 38.5 Å². The minimum absolute atomic E-state index is 0.168. The zero-order chi connectivity index (χ0) is 10.8. The van der Waals surface area contributed by atoms with Crippen molar-refractivity contribution in [3.05, 3.63) is 11.1 Å². The lowest BCUT2D eigenvalue weighted by Crippen LogP contribution is -2.17. The molecular weight excluding hydrogens is 188 g/mol. The molecule has 2 unspecified atom stereocenters. The van der Waals surface area contributed by atoms with Crippen molar-refractivity contribution in [1.82, 2.24) is 0 Å². The smallest absolute Gasteiger partial charge is 0.306 e. The Hall–Kier alpha value is -0.790. The second kappa shape index (κ2) is 4.38. The SMILES string of the molecule is CC(CC1CCC2=C(CCC2)C1)C(=O)O. The Kier molecular flexibility index (Phi) is 3.13. The number of hydrogen-bond acceptors (Lipinski definition) is 1. The molecular formula is C13H20O2. The van der Waals surface area contributed by atoms with Crippen LogP contribution in [0.2, 0.25) is 0 Å². The number of rotatable bonds is 3. The Morgan fingerprint density at radius 3 is 2.87 bits per heavy atom. The highest BCUT2D eigenvalue weighted by molar-refractivity contribution is 5.69. The standard InChI is InChI=1S/C13H20O2/c1-9(13(14)15)7-10-5-6-11-3-2-4-12(11)8-10/h9-10H,2-8H2,1H3,(H,14,15). The number of carboxylic acid groups (broad SMARTS) is 1. The Morgan fingerprint density at radius 1 is 1.40 bits per heavy atom. The zero-order valence-electron chi connectivity index (χ0n) is 9.46. The summed E-state index contributed by atoms with van der Waals surface area (Å²) in [6.45, 7) is 1.83. The molecule has 0 spiro atoms.